The first-order valence-electron chi connectivity index (χ1n) is 4.13. The average Bonchev–Trinajstić information content (AvgIpc) is 2.53. The summed E-state index contributed by atoms with van der Waals surface area (Å²) >= 11 is 7.87. The van der Waals surface area contributed by atoms with Gasteiger partial charge in [0.2, 0.25) is 0 Å². The summed E-state index contributed by atoms with van der Waals surface area (Å²) < 4.78 is 38.6. The maximum Gasteiger partial charge on any atom is 0.396 e. The van der Waals surface area contributed by atoms with Crippen LogP contribution in [0.5, 0.6) is 0 Å². The lowest BCUT2D eigenvalue weighted by Crippen LogP contribution is -2.14. The molecule has 0 aromatic carbocycles. The summed E-state index contributed by atoms with van der Waals surface area (Å²) in [4.78, 5) is 0. The van der Waals surface area contributed by atoms with Crippen LogP contribution < -0.4 is 0 Å². The fourth-order valence-electron chi connectivity index (χ4n) is 1.25. The van der Waals surface area contributed by atoms with Gasteiger partial charge in [-0.05, 0) is 28.7 Å². The van der Waals surface area contributed by atoms with Gasteiger partial charge in [0.25, 0.3) is 0 Å². The molecule has 3 nitrogen and oxygen atoms in total. The van der Waals surface area contributed by atoms with Crippen molar-refractivity contribution in [3.63, 3.8) is 0 Å². The van der Waals surface area contributed by atoms with Gasteiger partial charge in [-0.15, -0.1) is 10.2 Å². The molecular weight excluding hydrogens is 357 g/mol. The van der Waals surface area contributed by atoms with Gasteiger partial charge in [0.15, 0.2) is 5.65 Å². The number of rotatable bonds is 1. The Morgan fingerprint density at radius 3 is 2.69 bits per heavy atom. The Morgan fingerprint density at radius 1 is 1.38 bits per heavy atom. The number of aromatic nitrogens is 3. The van der Waals surface area contributed by atoms with E-state index in [-0.39, 0.29) is 11.5 Å². The van der Waals surface area contributed by atoms with Crippen molar-refractivity contribution in [2.75, 3.05) is 0 Å². The quantitative estimate of drug-likeness (QED) is 0.731. The van der Waals surface area contributed by atoms with Gasteiger partial charge in [0.05, 0.1) is 5.02 Å². The third-order valence-electron chi connectivity index (χ3n) is 1.90. The number of pyridine rings is 1. The average molecular weight is 361 g/mol. The van der Waals surface area contributed by atoms with Crippen molar-refractivity contribution >= 4 is 39.8 Å². The Kier molecular flexibility index (Phi) is 2.99. The Bertz CT molecular complexity index is 537. The van der Waals surface area contributed by atoms with Crippen LogP contribution in [-0.2, 0) is 6.42 Å². The van der Waals surface area contributed by atoms with Crippen LogP contribution in [0, 0.1) is 3.57 Å². The summed E-state index contributed by atoms with van der Waals surface area (Å²) in [6.07, 6.45) is -3.95. The predicted octanol–water partition coefficient (Wildman–Crippen LogP) is 3.09. The van der Waals surface area contributed by atoms with Gasteiger partial charge in [0.1, 0.15) is 12.2 Å². The minimum atomic E-state index is -4.31. The van der Waals surface area contributed by atoms with E-state index in [1.54, 1.807) is 6.07 Å². The number of alkyl halides is 3. The molecule has 16 heavy (non-hydrogen) atoms. The second kappa shape index (κ2) is 4.02. The van der Waals surface area contributed by atoms with Crippen LogP contribution in [-0.4, -0.2) is 20.8 Å². The molecule has 0 aliphatic carbocycles. The Balaban J connectivity index is 2.54. The van der Waals surface area contributed by atoms with E-state index in [4.69, 9.17) is 11.6 Å². The maximum atomic E-state index is 12.2. The molecular formula is C8H4ClF3IN3. The van der Waals surface area contributed by atoms with E-state index < -0.39 is 12.6 Å². The first-order valence-corrected chi connectivity index (χ1v) is 5.58. The highest BCUT2D eigenvalue weighted by Gasteiger charge is 2.30. The fraction of sp³-hybridized carbons (Fsp3) is 0.250. The highest BCUT2D eigenvalue weighted by atomic mass is 127. The zero-order valence-electron chi connectivity index (χ0n) is 7.59. The lowest BCUT2D eigenvalue weighted by atomic mass is 10.4. The second-order valence-electron chi connectivity index (χ2n) is 3.08. The van der Waals surface area contributed by atoms with Crippen LogP contribution in [0.2, 0.25) is 5.02 Å². The number of fused-ring (bicyclic) bond motifs is 1. The molecule has 0 spiro atoms. The van der Waals surface area contributed by atoms with E-state index >= 15 is 0 Å². The fourth-order valence-corrected chi connectivity index (χ4v) is 1.84. The first kappa shape index (κ1) is 11.9. The van der Waals surface area contributed by atoms with Crippen molar-refractivity contribution < 1.29 is 13.2 Å². The SMILES string of the molecule is FC(F)(F)Cc1nnc2c(Cl)c(I)ccn12. The van der Waals surface area contributed by atoms with Crippen LogP contribution in [0.1, 0.15) is 5.82 Å². The minimum absolute atomic E-state index is 0.166. The Hall–Kier alpha value is -0.570. The van der Waals surface area contributed by atoms with E-state index in [1.165, 1.54) is 10.6 Å². The summed E-state index contributed by atoms with van der Waals surface area (Å²) in [7, 11) is 0. The lowest BCUT2D eigenvalue weighted by molar-refractivity contribution is -0.128. The van der Waals surface area contributed by atoms with Gasteiger partial charge in [-0.3, -0.25) is 4.40 Å². The van der Waals surface area contributed by atoms with Gasteiger partial charge < -0.3 is 0 Å². The topological polar surface area (TPSA) is 30.2 Å². The van der Waals surface area contributed by atoms with Crippen molar-refractivity contribution in [3.05, 3.63) is 26.7 Å². The standard InChI is InChI=1S/C8H4ClF3IN3/c9-6-4(13)1-2-16-5(3-8(10,11)12)14-15-7(6)16/h1-2H,3H2. The summed E-state index contributed by atoms with van der Waals surface area (Å²) in [5.41, 5.74) is 0.243. The molecule has 8 heteroatoms. The Morgan fingerprint density at radius 2 is 2.06 bits per heavy atom. The normalized spacial score (nSPS) is 12.3. The number of nitrogens with zero attached hydrogens (tertiary/aromatic N) is 3. The Labute approximate surface area is 107 Å². The third-order valence-corrected chi connectivity index (χ3v) is 3.49. The summed E-state index contributed by atoms with van der Waals surface area (Å²) in [5.74, 6) is -0.166. The largest absolute Gasteiger partial charge is 0.396 e. The van der Waals surface area contributed by atoms with E-state index in [0.717, 1.165) is 3.57 Å². The summed E-state index contributed by atoms with van der Waals surface area (Å²) in [6.45, 7) is 0. The van der Waals surface area contributed by atoms with Crippen LogP contribution in [0.25, 0.3) is 5.65 Å². The molecule has 0 radical (unpaired) electrons. The molecule has 0 bridgehead atoms. The molecule has 0 saturated heterocycles. The van der Waals surface area contributed by atoms with Crippen LogP contribution >= 0.6 is 34.2 Å². The third kappa shape index (κ3) is 2.24. The molecule has 2 heterocycles. The lowest BCUT2D eigenvalue weighted by Gasteiger charge is -2.04. The summed E-state index contributed by atoms with van der Waals surface area (Å²) in [6, 6.07) is 1.61. The molecule has 0 N–H and O–H groups in total. The van der Waals surface area contributed by atoms with Gasteiger partial charge >= 0.3 is 6.18 Å². The molecule has 0 atom stereocenters. The van der Waals surface area contributed by atoms with Crippen molar-refractivity contribution in [1.82, 2.24) is 14.6 Å². The van der Waals surface area contributed by atoms with Gasteiger partial charge in [-0.25, -0.2) is 0 Å². The predicted molar refractivity (Wildman–Crippen MR) is 60.5 cm³/mol. The van der Waals surface area contributed by atoms with E-state index in [2.05, 4.69) is 10.2 Å². The molecule has 2 aromatic heterocycles. The van der Waals surface area contributed by atoms with E-state index in [0.29, 0.717) is 5.02 Å². The van der Waals surface area contributed by atoms with Crippen molar-refractivity contribution in [3.8, 4) is 0 Å². The molecule has 0 saturated carbocycles. The van der Waals surface area contributed by atoms with Crippen molar-refractivity contribution in [2.24, 2.45) is 0 Å². The molecule has 2 rings (SSSR count). The molecule has 0 aliphatic rings. The molecule has 0 unspecified atom stereocenters. The zero-order valence-corrected chi connectivity index (χ0v) is 10.5. The first-order chi connectivity index (χ1) is 7.38. The number of hydrogen-bond donors (Lipinski definition) is 0. The molecule has 2 aromatic rings. The molecule has 0 fully saturated rings. The zero-order chi connectivity index (χ0) is 11.9. The van der Waals surface area contributed by atoms with Crippen molar-refractivity contribution in [2.45, 2.75) is 12.6 Å². The van der Waals surface area contributed by atoms with Crippen LogP contribution in [0.15, 0.2) is 12.3 Å². The highest BCUT2D eigenvalue weighted by molar-refractivity contribution is 14.1. The number of hydrogen-bond acceptors (Lipinski definition) is 2. The van der Waals surface area contributed by atoms with Gasteiger partial charge in [-0.1, -0.05) is 11.6 Å². The van der Waals surface area contributed by atoms with E-state index in [9.17, 15) is 13.2 Å². The minimum Gasteiger partial charge on any atom is -0.285 e. The molecule has 0 amide bonds. The molecule has 0 aliphatic heterocycles. The smallest absolute Gasteiger partial charge is 0.285 e. The highest BCUT2D eigenvalue weighted by Crippen LogP contribution is 2.25. The second-order valence-corrected chi connectivity index (χ2v) is 4.62. The van der Waals surface area contributed by atoms with Crippen LogP contribution in [0.4, 0.5) is 13.2 Å². The monoisotopic (exact) mass is 361 g/mol. The van der Waals surface area contributed by atoms with Gasteiger partial charge in [0, 0.05) is 9.77 Å². The van der Waals surface area contributed by atoms with Crippen molar-refractivity contribution in [1.29, 1.82) is 0 Å². The van der Waals surface area contributed by atoms with Crippen LogP contribution in [0.3, 0.4) is 0 Å². The van der Waals surface area contributed by atoms with Gasteiger partial charge in [-0.2, -0.15) is 13.2 Å². The molecule has 86 valence electrons. The number of halogens is 5. The van der Waals surface area contributed by atoms with E-state index in [1.807, 2.05) is 22.6 Å². The summed E-state index contributed by atoms with van der Waals surface area (Å²) in [5, 5.41) is 7.44. The maximum absolute atomic E-state index is 12.2.